The molecular weight excluding hydrogens is 328 g/mol. The number of aliphatic hydroxyl groups excluding tert-OH is 1. The maximum atomic E-state index is 11.3. The maximum absolute atomic E-state index is 11.3. The summed E-state index contributed by atoms with van der Waals surface area (Å²) < 4.78 is 19.4. The predicted molar refractivity (Wildman–Crippen MR) is 75.4 cm³/mol. The molecule has 10 heteroatoms. The summed E-state index contributed by atoms with van der Waals surface area (Å²) >= 11 is 0. The fraction of sp³-hybridized carbons (Fsp3) is 0.643. The van der Waals surface area contributed by atoms with E-state index in [1.54, 1.807) is 0 Å². The SMILES string of the molecule is CC(=O)O[C@@H]([C@H](OC(C)=O)[C@@H](C=O)OC(C)=O)[C@H](CO)OC(C)=O. The van der Waals surface area contributed by atoms with E-state index in [-0.39, 0.29) is 6.29 Å². The Labute approximate surface area is 138 Å². The number of hydrogen-bond donors (Lipinski definition) is 1. The Kier molecular flexibility index (Phi) is 9.25. The Hall–Kier alpha value is -2.49. The summed E-state index contributed by atoms with van der Waals surface area (Å²) in [4.78, 5) is 56.0. The zero-order valence-electron chi connectivity index (χ0n) is 13.7. The van der Waals surface area contributed by atoms with Gasteiger partial charge in [0.05, 0.1) is 6.61 Å². The fourth-order valence-corrected chi connectivity index (χ4v) is 1.84. The van der Waals surface area contributed by atoms with Crippen LogP contribution in [0.3, 0.4) is 0 Å². The van der Waals surface area contributed by atoms with E-state index in [0.29, 0.717) is 0 Å². The van der Waals surface area contributed by atoms with Crippen LogP contribution < -0.4 is 0 Å². The van der Waals surface area contributed by atoms with E-state index in [9.17, 15) is 29.1 Å². The summed E-state index contributed by atoms with van der Waals surface area (Å²) in [5.41, 5.74) is 0. The smallest absolute Gasteiger partial charge is 0.303 e. The van der Waals surface area contributed by atoms with Crippen molar-refractivity contribution in [2.24, 2.45) is 0 Å². The van der Waals surface area contributed by atoms with Gasteiger partial charge in [0, 0.05) is 27.7 Å². The van der Waals surface area contributed by atoms with E-state index < -0.39 is 54.9 Å². The summed E-state index contributed by atoms with van der Waals surface area (Å²) in [6, 6.07) is 0. The number of hydrogen-bond acceptors (Lipinski definition) is 10. The zero-order valence-corrected chi connectivity index (χ0v) is 13.7. The molecule has 0 aliphatic rings. The van der Waals surface area contributed by atoms with E-state index in [1.807, 2.05) is 0 Å². The number of rotatable bonds is 9. The summed E-state index contributed by atoms with van der Waals surface area (Å²) in [5, 5.41) is 9.37. The highest BCUT2D eigenvalue weighted by Gasteiger charge is 2.43. The summed E-state index contributed by atoms with van der Waals surface area (Å²) in [5.74, 6) is -3.42. The van der Waals surface area contributed by atoms with Gasteiger partial charge >= 0.3 is 23.9 Å². The van der Waals surface area contributed by atoms with E-state index in [2.05, 4.69) is 0 Å². The molecule has 24 heavy (non-hydrogen) atoms. The molecule has 0 spiro atoms. The van der Waals surface area contributed by atoms with Gasteiger partial charge in [-0.05, 0) is 0 Å². The quantitative estimate of drug-likeness (QED) is 0.310. The molecule has 0 amide bonds. The zero-order chi connectivity index (χ0) is 18.9. The van der Waals surface area contributed by atoms with Crippen LogP contribution >= 0.6 is 0 Å². The average molecular weight is 348 g/mol. The molecule has 0 aromatic rings. The van der Waals surface area contributed by atoms with Crippen LogP contribution in [0, 0.1) is 0 Å². The minimum atomic E-state index is -1.64. The van der Waals surface area contributed by atoms with Crippen molar-refractivity contribution in [2.75, 3.05) is 6.61 Å². The molecule has 0 rings (SSSR count). The number of aliphatic hydroxyl groups is 1. The summed E-state index contributed by atoms with van der Waals surface area (Å²) in [6.07, 6.45) is -6.12. The monoisotopic (exact) mass is 348 g/mol. The van der Waals surface area contributed by atoms with Crippen molar-refractivity contribution in [2.45, 2.75) is 52.1 Å². The second-order valence-corrected chi connectivity index (χ2v) is 4.69. The molecule has 0 fully saturated rings. The van der Waals surface area contributed by atoms with Crippen molar-refractivity contribution in [3.05, 3.63) is 0 Å². The van der Waals surface area contributed by atoms with E-state index in [0.717, 1.165) is 27.7 Å². The molecule has 0 aliphatic carbocycles. The van der Waals surface area contributed by atoms with Crippen LogP contribution in [0.2, 0.25) is 0 Å². The minimum absolute atomic E-state index is 0.160. The first-order chi connectivity index (χ1) is 11.1. The Bertz CT molecular complexity index is 486. The molecule has 1 N–H and O–H groups in total. The van der Waals surface area contributed by atoms with Gasteiger partial charge in [-0.3, -0.25) is 24.0 Å². The first kappa shape index (κ1) is 21.5. The highest BCUT2D eigenvalue weighted by Crippen LogP contribution is 2.18. The third-order valence-corrected chi connectivity index (χ3v) is 2.55. The number of esters is 4. The van der Waals surface area contributed by atoms with E-state index >= 15 is 0 Å². The van der Waals surface area contributed by atoms with Crippen molar-refractivity contribution < 1.29 is 48.0 Å². The molecule has 0 aromatic heterocycles. The first-order valence-corrected chi connectivity index (χ1v) is 6.87. The van der Waals surface area contributed by atoms with Gasteiger partial charge < -0.3 is 24.1 Å². The lowest BCUT2D eigenvalue weighted by atomic mass is 10.0. The molecule has 0 radical (unpaired) electrons. The molecule has 0 aromatic carbocycles. The second-order valence-electron chi connectivity index (χ2n) is 4.69. The van der Waals surface area contributed by atoms with Crippen molar-refractivity contribution >= 4 is 30.2 Å². The largest absolute Gasteiger partial charge is 0.456 e. The Morgan fingerprint density at radius 2 is 1.21 bits per heavy atom. The lowest BCUT2D eigenvalue weighted by Crippen LogP contribution is -2.53. The van der Waals surface area contributed by atoms with Gasteiger partial charge in [0.15, 0.2) is 30.7 Å². The van der Waals surface area contributed by atoms with Crippen molar-refractivity contribution in [1.82, 2.24) is 0 Å². The highest BCUT2D eigenvalue weighted by molar-refractivity contribution is 5.72. The van der Waals surface area contributed by atoms with Gasteiger partial charge in [-0.2, -0.15) is 0 Å². The second kappa shape index (κ2) is 10.3. The molecule has 0 saturated carbocycles. The molecule has 0 heterocycles. The Morgan fingerprint density at radius 3 is 1.54 bits per heavy atom. The van der Waals surface area contributed by atoms with Crippen LogP contribution in [0.25, 0.3) is 0 Å². The number of ether oxygens (including phenoxy) is 4. The summed E-state index contributed by atoms with van der Waals surface area (Å²) in [6.45, 7) is 3.27. The van der Waals surface area contributed by atoms with Crippen LogP contribution in [0.5, 0.6) is 0 Å². The van der Waals surface area contributed by atoms with Crippen molar-refractivity contribution in [1.29, 1.82) is 0 Å². The van der Waals surface area contributed by atoms with Crippen LogP contribution in [0.15, 0.2) is 0 Å². The predicted octanol–water partition coefficient (Wildman–Crippen LogP) is -1.10. The normalized spacial score (nSPS) is 15.2. The molecule has 10 nitrogen and oxygen atoms in total. The van der Waals surface area contributed by atoms with Crippen molar-refractivity contribution in [3.63, 3.8) is 0 Å². The fourth-order valence-electron chi connectivity index (χ4n) is 1.84. The van der Waals surface area contributed by atoms with Crippen LogP contribution in [-0.2, 0) is 42.9 Å². The third-order valence-electron chi connectivity index (χ3n) is 2.55. The molecule has 0 bridgehead atoms. The number of carbonyl (C=O) groups excluding carboxylic acids is 5. The molecular formula is C14H20O10. The van der Waals surface area contributed by atoms with Crippen LogP contribution in [0.1, 0.15) is 27.7 Å². The molecule has 0 saturated heterocycles. The standard InChI is InChI=1S/C14H20O10/c1-7(17)21-11(5-15)13(23-9(3)19)14(24-10(4)20)12(6-16)22-8(2)18/h5,11-14,16H,6H2,1-4H3/t11-,12+,13-,14-/m1/s1. The van der Waals surface area contributed by atoms with Gasteiger partial charge in [0.1, 0.15) is 0 Å². The first-order valence-electron chi connectivity index (χ1n) is 6.87. The summed E-state index contributed by atoms with van der Waals surface area (Å²) in [7, 11) is 0. The van der Waals surface area contributed by atoms with Crippen molar-refractivity contribution in [3.8, 4) is 0 Å². The minimum Gasteiger partial charge on any atom is -0.456 e. The molecule has 4 atom stereocenters. The lowest BCUT2D eigenvalue weighted by molar-refractivity contribution is -0.199. The average Bonchev–Trinajstić information content (AvgIpc) is 2.45. The van der Waals surface area contributed by atoms with Gasteiger partial charge in [0.2, 0.25) is 0 Å². The Balaban J connectivity index is 5.79. The van der Waals surface area contributed by atoms with Gasteiger partial charge in [-0.15, -0.1) is 0 Å². The van der Waals surface area contributed by atoms with Gasteiger partial charge in [-0.1, -0.05) is 0 Å². The Morgan fingerprint density at radius 1 is 0.792 bits per heavy atom. The molecule has 0 aliphatic heterocycles. The number of carbonyl (C=O) groups is 5. The maximum Gasteiger partial charge on any atom is 0.303 e. The van der Waals surface area contributed by atoms with Crippen LogP contribution in [0.4, 0.5) is 0 Å². The van der Waals surface area contributed by atoms with Gasteiger partial charge in [-0.25, -0.2) is 0 Å². The van der Waals surface area contributed by atoms with E-state index in [4.69, 9.17) is 18.9 Å². The third kappa shape index (κ3) is 7.68. The van der Waals surface area contributed by atoms with E-state index in [1.165, 1.54) is 0 Å². The topological polar surface area (TPSA) is 142 Å². The lowest BCUT2D eigenvalue weighted by Gasteiger charge is -2.33. The highest BCUT2D eigenvalue weighted by atomic mass is 16.6. The van der Waals surface area contributed by atoms with Crippen LogP contribution in [-0.4, -0.2) is 66.3 Å². The number of aldehydes is 1. The molecule has 0 unspecified atom stereocenters. The van der Waals surface area contributed by atoms with Gasteiger partial charge in [0.25, 0.3) is 0 Å². The molecule has 136 valence electrons.